The summed E-state index contributed by atoms with van der Waals surface area (Å²) in [6.45, 7) is 4.82. The summed E-state index contributed by atoms with van der Waals surface area (Å²) in [4.78, 5) is 0. The number of fused-ring (bicyclic) bond motifs is 5. The molecule has 0 aromatic heterocycles. The van der Waals surface area contributed by atoms with Crippen molar-refractivity contribution in [2.45, 2.75) is 19.3 Å². The number of hydrogen-bond acceptors (Lipinski definition) is 0. The summed E-state index contributed by atoms with van der Waals surface area (Å²) >= 11 is 0. The van der Waals surface area contributed by atoms with Gasteiger partial charge in [-0.3, -0.25) is 0 Å². The molecule has 11 aromatic rings. The van der Waals surface area contributed by atoms with Crippen LogP contribution in [0.25, 0.3) is 109 Å². The van der Waals surface area contributed by atoms with E-state index in [1.807, 2.05) is 0 Å². The van der Waals surface area contributed by atoms with Gasteiger partial charge >= 0.3 is 0 Å². The molecular formula is C51H32. The van der Waals surface area contributed by atoms with Gasteiger partial charge in [0.2, 0.25) is 0 Å². The molecule has 1 aliphatic carbocycles. The van der Waals surface area contributed by atoms with Crippen LogP contribution in [0.15, 0.2) is 158 Å². The molecule has 0 nitrogen and oxygen atoms in total. The molecule has 0 spiro atoms. The fourth-order valence-electron chi connectivity index (χ4n) is 9.97. The number of hydrogen-bond donors (Lipinski definition) is 0. The van der Waals surface area contributed by atoms with Crippen molar-refractivity contribution in [2.24, 2.45) is 0 Å². The van der Waals surface area contributed by atoms with Crippen molar-refractivity contribution < 1.29 is 0 Å². The van der Waals surface area contributed by atoms with E-state index in [1.54, 1.807) is 0 Å². The highest BCUT2D eigenvalue weighted by Crippen LogP contribution is 2.52. The van der Waals surface area contributed by atoms with Gasteiger partial charge in [-0.2, -0.15) is 0 Å². The Labute approximate surface area is 295 Å². The molecule has 0 heterocycles. The molecule has 1 aliphatic rings. The van der Waals surface area contributed by atoms with Crippen LogP contribution in [0.3, 0.4) is 0 Å². The van der Waals surface area contributed by atoms with Gasteiger partial charge in [0.25, 0.3) is 0 Å². The summed E-state index contributed by atoms with van der Waals surface area (Å²) in [7, 11) is 0. The van der Waals surface area contributed by atoms with Crippen molar-refractivity contribution in [1.82, 2.24) is 0 Å². The maximum absolute atomic E-state index is 2.48. The zero-order valence-electron chi connectivity index (χ0n) is 28.5. The van der Waals surface area contributed by atoms with Crippen LogP contribution in [0.1, 0.15) is 25.0 Å². The molecule has 0 N–H and O–H groups in total. The Morgan fingerprint density at radius 2 is 0.745 bits per heavy atom. The van der Waals surface area contributed by atoms with E-state index in [9.17, 15) is 0 Å². The second-order valence-corrected chi connectivity index (χ2v) is 15.2. The molecule has 0 amide bonds. The largest absolute Gasteiger partial charge is 0.0610 e. The van der Waals surface area contributed by atoms with Crippen LogP contribution in [0.4, 0.5) is 0 Å². The van der Waals surface area contributed by atoms with E-state index in [2.05, 4.69) is 172 Å². The molecule has 0 fully saturated rings. The van der Waals surface area contributed by atoms with Crippen LogP contribution in [0.5, 0.6) is 0 Å². The minimum Gasteiger partial charge on any atom is -0.0610 e. The zero-order valence-corrected chi connectivity index (χ0v) is 28.5. The fraction of sp³-hybridized carbons (Fsp3) is 0.0588. The van der Waals surface area contributed by atoms with Crippen molar-refractivity contribution in [1.29, 1.82) is 0 Å². The molecule has 0 heteroatoms. The average Bonchev–Trinajstić information content (AvgIpc) is 3.40. The maximum atomic E-state index is 2.48. The number of rotatable bonds is 2. The SMILES string of the molecule is CC1(C)c2cc(-c3ccc4c5cccc6cccc(c7cccc3c74)c65)ccc2-c2ccc(-c3cc4cccc5ccc6cccc3c6c54)cc21. The van der Waals surface area contributed by atoms with Crippen LogP contribution < -0.4 is 0 Å². The normalized spacial score (nSPS) is 13.8. The first-order chi connectivity index (χ1) is 25.0. The van der Waals surface area contributed by atoms with E-state index in [1.165, 1.54) is 120 Å². The zero-order chi connectivity index (χ0) is 33.6. The third kappa shape index (κ3) is 3.50. The third-order valence-electron chi connectivity index (χ3n) is 12.3. The lowest BCUT2D eigenvalue weighted by atomic mass is 9.80. The van der Waals surface area contributed by atoms with E-state index >= 15 is 0 Å². The summed E-state index contributed by atoms with van der Waals surface area (Å²) in [6.07, 6.45) is 0. The summed E-state index contributed by atoms with van der Waals surface area (Å²) < 4.78 is 0. The molecule has 11 aromatic carbocycles. The van der Waals surface area contributed by atoms with E-state index in [-0.39, 0.29) is 5.41 Å². The highest BCUT2D eigenvalue weighted by Gasteiger charge is 2.36. The Morgan fingerprint density at radius 3 is 1.41 bits per heavy atom. The molecule has 51 heavy (non-hydrogen) atoms. The lowest BCUT2D eigenvalue weighted by Crippen LogP contribution is -2.15. The number of benzene rings is 11. The van der Waals surface area contributed by atoms with Crippen LogP contribution >= 0.6 is 0 Å². The summed E-state index contributed by atoms with van der Waals surface area (Å²) in [5, 5.41) is 18.7. The lowest BCUT2D eigenvalue weighted by Gasteiger charge is -2.23. The van der Waals surface area contributed by atoms with Crippen LogP contribution in [0.2, 0.25) is 0 Å². The summed E-state index contributed by atoms with van der Waals surface area (Å²) in [5.74, 6) is 0. The summed E-state index contributed by atoms with van der Waals surface area (Å²) in [5.41, 5.74) is 10.5. The van der Waals surface area contributed by atoms with Gasteiger partial charge in [-0.25, -0.2) is 0 Å². The van der Waals surface area contributed by atoms with Gasteiger partial charge in [0.1, 0.15) is 0 Å². The Hall–Kier alpha value is -6.24. The van der Waals surface area contributed by atoms with Gasteiger partial charge in [0, 0.05) is 5.41 Å². The van der Waals surface area contributed by atoms with Crippen molar-refractivity contribution in [2.75, 3.05) is 0 Å². The Morgan fingerprint density at radius 1 is 0.294 bits per heavy atom. The van der Waals surface area contributed by atoms with Crippen LogP contribution in [-0.4, -0.2) is 0 Å². The van der Waals surface area contributed by atoms with E-state index in [0.29, 0.717) is 0 Å². The fourth-order valence-corrected chi connectivity index (χ4v) is 9.97. The Kier molecular flexibility index (Phi) is 5.14. The minimum absolute atomic E-state index is 0.142. The van der Waals surface area contributed by atoms with E-state index < -0.39 is 0 Å². The second kappa shape index (κ2) is 9.50. The molecule has 0 radical (unpaired) electrons. The standard InChI is InChI=1S/C51H32/c1-51(2)45-27-32(35-24-25-43-40-14-5-10-29-9-4-13-39(48(29)40)41-17-7-16-38(35)50(41)43)20-22-36(45)37-23-21-33(28-46(37)51)44-26-34-12-3-8-30-18-19-31-11-6-15-42(44)49(31)47(30)34/h3-28H,1-2H3. The van der Waals surface area contributed by atoms with Gasteiger partial charge < -0.3 is 0 Å². The monoisotopic (exact) mass is 644 g/mol. The molecular weight excluding hydrogens is 613 g/mol. The second-order valence-electron chi connectivity index (χ2n) is 15.2. The smallest absolute Gasteiger partial charge is 0.0159 e. The average molecular weight is 645 g/mol. The predicted molar refractivity (Wildman–Crippen MR) is 220 cm³/mol. The molecule has 236 valence electrons. The van der Waals surface area contributed by atoms with E-state index in [4.69, 9.17) is 0 Å². The third-order valence-corrected chi connectivity index (χ3v) is 12.3. The van der Waals surface area contributed by atoms with Crippen molar-refractivity contribution >= 4 is 75.4 Å². The van der Waals surface area contributed by atoms with Crippen LogP contribution in [-0.2, 0) is 5.41 Å². The molecule has 0 saturated heterocycles. The first kappa shape index (κ1) is 27.6. The highest BCUT2D eigenvalue weighted by molar-refractivity contribution is 6.34. The van der Waals surface area contributed by atoms with E-state index in [0.717, 1.165) is 0 Å². The van der Waals surface area contributed by atoms with Gasteiger partial charge in [-0.1, -0.05) is 153 Å². The topological polar surface area (TPSA) is 0 Å². The first-order valence-corrected chi connectivity index (χ1v) is 18.1. The minimum atomic E-state index is -0.142. The molecule has 12 rings (SSSR count). The highest BCUT2D eigenvalue weighted by atomic mass is 14.4. The quantitative estimate of drug-likeness (QED) is 0.130. The first-order valence-electron chi connectivity index (χ1n) is 18.1. The Bertz CT molecular complexity index is 3210. The molecule has 0 aliphatic heterocycles. The maximum Gasteiger partial charge on any atom is 0.0159 e. The van der Waals surface area contributed by atoms with Crippen molar-refractivity contribution in [3.05, 3.63) is 169 Å². The Balaban J connectivity index is 1.03. The molecule has 0 atom stereocenters. The molecule has 0 saturated carbocycles. The van der Waals surface area contributed by atoms with Gasteiger partial charge in [-0.15, -0.1) is 0 Å². The van der Waals surface area contributed by atoms with Gasteiger partial charge in [0.05, 0.1) is 0 Å². The molecule has 0 unspecified atom stereocenters. The van der Waals surface area contributed by atoms with Gasteiger partial charge in [0.15, 0.2) is 0 Å². The van der Waals surface area contributed by atoms with Crippen LogP contribution in [0, 0.1) is 0 Å². The van der Waals surface area contributed by atoms with Gasteiger partial charge in [-0.05, 0) is 138 Å². The summed E-state index contributed by atoms with van der Waals surface area (Å²) in [6, 6.07) is 59.9. The lowest BCUT2D eigenvalue weighted by molar-refractivity contribution is 0.661. The molecule has 0 bridgehead atoms. The van der Waals surface area contributed by atoms with Crippen molar-refractivity contribution in [3.8, 4) is 33.4 Å². The van der Waals surface area contributed by atoms with Crippen molar-refractivity contribution in [3.63, 3.8) is 0 Å². The predicted octanol–water partition coefficient (Wildman–Crippen LogP) is 14.3.